The summed E-state index contributed by atoms with van der Waals surface area (Å²) in [7, 11) is 1.50. The van der Waals surface area contributed by atoms with Crippen molar-refractivity contribution >= 4 is 23.3 Å². The Morgan fingerprint density at radius 2 is 1.59 bits per heavy atom. The highest BCUT2D eigenvalue weighted by Crippen LogP contribution is 2.26. The highest BCUT2D eigenvalue weighted by atomic mass is 19.1. The molecule has 2 N–H and O–H groups in total. The van der Waals surface area contributed by atoms with Crippen LogP contribution >= 0.6 is 0 Å². The van der Waals surface area contributed by atoms with Crippen molar-refractivity contribution in [3.63, 3.8) is 0 Å². The van der Waals surface area contributed by atoms with Crippen LogP contribution in [0, 0.1) is 5.82 Å². The van der Waals surface area contributed by atoms with E-state index in [0.29, 0.717) is 31.0 Å². The third kappa shape index (κ3) is 7.36. The van der Waals surface area contributed by atoms with Gasteiger partial charge in [0.2, 0.25) is 0 Å². The predicted molar refractivity (Wildman–Crippen MR) is 147 cm³/mol. The summed E-state index contributed by atoms with van der Waals surface area (Å²) in [6.45, 7) is 9.13. The van der Waals surface area contributed by atoms with E-state index in [1.165, 1.54) is 13.1 Å². The Morgan fingerprint density at radius 1 is 1.03 bits per heavy atom. The van der Waals surface area contributed by atoms with Crippen LogP contribution in [-0.2, 0) is 4.74 Å². The molecule has 37 heavy (non-hydrogen) atoms. The van der Waals surface area contributed by atoms with Crippen molar-refractivity contribution < 1.29 is 13.9 Å². The van der Waals surface area contributed by atoms with Crippen molar-refractivity contribution in [3.8, 4) is 0 Å². The number of carbonyl (C=O) groups excluding carboxylic acids is 1. The van der Waals surface area contributed by atoms with Crippen LogP contribution in [-0.4, -0.2) is 60.0 Å². The summed E-state index contributed by atoms with van der Waals surface area (Å²) >= 11 is 0. The predicted octanol–water partition coefficient (Wildman–Crippen LogP) is 5.41. The topological polar surface area (TPSA) is 84.0 Å². The fraction of sp³-hybridized carbons (Fsp3) is 0.345. The number of ether oxygens (including phenoxy) is 1. The van der Waals surface area contributed by atoms with E-state index in [4.69, 9.17) is 4.74 Å². The van der Waals surface area contributed by atoms with Gasteiger partial charge < -0.3 is 20.3 Å². The third-order valence-electron chi connectivity index (χ3n) is 5.74. The summed E-state index contributed by atoms with van der Waals surface area (Å²) in [6, 6.07) is 20.8. The van der Waals surface area contributed by atoms with Crippen molar-refractivity contribution in [1.29, 1.82) is 0 Å². The Bertz CT molecular complexity index is 1150. The van der Waals surface area contributed by atoms with Gasteiger partial charge in [-0.2, -0.15) is 0 Å². The van der Waals surface area contributed by atoms with Gasteiger partial charge >= 0.3 is 6.09 Å². The first-order chi connectivity index (χ1) is 17.7. The number of rotatable bonds is 4. The lowest BCUT2D eigenvalue weighted by atomic mass is 10.0. The zero-order chi connectivity index (χ0) is 27.0. The molecule has 0 saturated carbocycles. The smallest absolute Gasteiger partial charge is 0.410 e. The van der Waals surface area contributed by atoms with Crippen LogP contribution in [0.5, 0.6) is 0 Å². The quantitative estimate of drug-likeness (QED) is 0.479. The molecule has 0 bridgehead atoms. The number of nitrogens with two attached hydrogens (primary N) is 1. The van der Waals surface area contributed by atoms with Crippen LogP contribution in [0.25, 0.3) is 0 Å². The van der Waals surface area contributed by atoms with E-state index in [1.54, 1.807) is 11.1 Å². The summed E-state index contributed by atoms with van der Waals surface area (Å²) in [5.41, 5.74) is 7.05. The molecular formula is C29H36FN5O2. The van der Waals surface area contributed by atoms with Crippen molar-refractivity contribution in [3.05, 3.63) is 89.9 Å². The third-order valence-corrected chi connectivity index (χ3v) is 5.74. The van der Waals surface area contributed by atoms with Crippen LogP contribution in [0.1, 0.15) is 38.8 Å². The molecule has 0 aliphatic carbocycles. The largest absolute Gasteiger partial charge is 0.444 e. The summed E-state index contributed by atoms with van der Waals surface area (Å²) in [5.74, 6) is -0.453. The number of piperazine rings is 1. The second-order valence-electron chi connectivity index (χ2n) is 9.66. The molecule has 8 heteroatoms. The van der Waals surface area contributed by atoms with E-state index in [9.17, 15) is 4.79 Å². The second-order valence-corrected chi connectivity index (χ2v) is 9.66. The van der Waals surface area contributed by atoms with E-state index >= 15 is 4.39 Å². The maximum absolute atomic E-state index is 15.2. The Hall–Kier alpha value is -3.78. The van der Waals surface area contributed by atoms with Gasteiger partial charge in [0.05, 0.1) is 17.6 Å². The first kappa shape index (κ1) is 27.8. The van der Waals surface area contributed by atoms with Gasteiger partial charge in [-0.1, -0.05) is 60.7 Å². The minimum atomic E-state index is -0.546. The number of carbonyl (C=O) groups is 1. The van der Waals surface area contributed by atoms with Crippen LogP contribution < -0.4 is 10.6 Å². The van der Waals surface area contributed by atoms with E-state index in [0.717, 1.165) is 11.1 Å². The van der Waals surface area contributed by atoms with Crippen LogP contribution in [0.15, 0.2) is 77.9 Å². The van der Waals surface area contributed by atoms with Crippen LogP contribution in [0.4, 0.5) is 20.7 Å². The Labute approximate surface area is 218 Å². The maximum atomic E-state index is 15.2. The Morgan fingerprint density at radius 3 is 2.08 bits per heavy atom. The highest BCUT2D eigenvalue weighted by Gasteiger charge is 2.31. The molecule has 1 atom stereocenters. The van der Waals surface area contributed by atoms with Gasteiger partial charge in [-0.3, -0.25) is 0 Å². The second kappa shape index (κ2) is 12.5. The minimum Gasteiger partial charge on any atom is -0.444 e. The van der Waals surface area contributed by atoms with E-state index in [2.05, 4.69) is 15.7 Å². The number of hydrogen-bond acceptors (Lipinski definition) is 6. The van der Waals surface area contributed by atoms with Crippen molar-refractivity contribution in [1.82, 2.24) is 9.88 Å². The van der Waals surface area contributed by atoms with Crippen molar-refractivity contribution in [2.75, 3.05) is 31.6 Å². The van der Waals surface area contributed by atoms with Gasteiger partial charge in [0.15, 0.2) is 11.6 Å². The molecule has 7 nitrogen and oxygen atoms in total. The zero-order valence-corrected chi connectivity index (χ0v) is 22.2. The highest BCUT2D eigenvalue weighted by molar-refractivity contribution is 6.13. The maximum Gasteiger partial charge on any atom is 0.410 e. The molecule has 1 fully saturated rings. The molecule has 196 valence electrons. The summed E-state index contributed by atoms with van der Waals surface area (Å²) < 4.78 is 20.7. The number of hydrogen-bond donors (Lipinski definition) is 1. The van der Waals surface area contributed by atoms with Gasteiger partial charge in [-0.25, -0.2) is 19.2 Å². The minimum absolute atomic E-state index is 0.0388. The van der Waals surface area contributed by atoms with E-state index < -0.39 is 11.4 Å². The van der Waals surface area contributed by atoms with Crippen molar-refractivity contribution in [2.24, 2.45) is 10.7 Å². The molecule has 1 saturated heterocycles. The number of benzene rings is 2. The molecule has 1 unspecified atom stereocenters. The molecule has 2 heterocycles. The zero-order valence-electron chi connectivity index (χ0n) is 22.2. The molecular weight excluding hydrogens is 469 g/mol. The lowest BCUT2D eigenvalue weighted by molar-refractivity contribution is 0.0159. The molecule has 1 aliphatic heterocycles. The number of aliphatic imine (C=N–C) groups is 1. The molecule has 1 aliphatic rings. The summed E-state index contributed by atoms with van der Waals surface area (Å²) in [5, 5.41) is 0. The Balaban J connectivity index is 0.00000186. The van der Waals surface area contributed by atoms with Gasteiger partial charge in [-0.15, -0.1) is 0 Å². The van der Waals surface area contributed by atoms with Gasteiger partial charge in [-0.05, 0) is 34.7 Å². The Kier molecular flexibility index (Phi) is 9.36. The number of anilines is 1. The molecule has 1 aromatic heterocycles. The van der Waals surface area contributed by atoms with Crippen molar-refractivity contribution in [2.45, 2.75) is 39.3 Å². The lowest BCUT2D eigenvalue weighted by Gasteiger charge is -2.41. The summed E-state index contributed by atoms with van der Waals surface area (Å²) in [6.07, 6.45) is 1.32. The number of aromatic nitrogens is 1. The number of amides is 1. The monoisotopic (exact) mass is 505 g/mol. The van der Waals surface area contributed by atoms with Gasteiger partial charge in [0.1, 0.15) is 5.60 Å². The molecule has 0 radical (unpaired) electrons. The van der Waals surface area contributed by atoms with E-state index in [1.807, 2.05) is 93.3 Å². The molecule has 3 aromatic rings. The fourth-order valence-electron chi connectivity index (χ4n) is 4.05. The molecule has 1 amide bonds. The SMILES string of the molecule is CC1CN(c2cnc(N=C(c3ccccc3)c3ccccc3)c(F)c2)CCN1C(=O)OC(C)(C)C.CN. The normalized spacial score (nSPS) is 15.4. The van der Waals surface area contributed by atoms with Crippen LogP contribution in [0.2, 0.25) is 0 Å². The average Bonchev–Trinajstić information content (AvgIpc) is 2.89. The first-order valence-electron chi connectivity index (χ1n) is 12.4. The van der Waals surface area contributed by atoms with Crippen LogP contribution in [0.3, 0.4) is 0 Å². The summed E-state index contributed by atoms with van der Waals surface area (Å²) in [4.78, 5) is 25.2. The average molecular weight is 506 g/mol. The number of nitrogens with zero attached hydrogens (tertiary/aromatic N) is 4. The molecule has 2 aromatic carbocycles. The lowest BCUT2D eigenvalue weighted by Crippen LogP contribution is -2.55. The van der Waals surface area contributed by atoms with Gasteiger partial charge in [0, 0.05) is 42.9 Å². The standard InChI is InChI=1S/C28H31FN4O2.CH5N/c1-20-19-32(15-16-33(20)27(34)35-28(2,3)4)23-17-24(29)26(30-18-23)31-25(21-11-7-5-8-12-21)22-13-9-6-10-14-22;1-2/h5-14,17-18,20H,15-16,19H2,1-4H3;2H2,1H3. The molecule has 0 spiro atoms. The van der Waals surface area contributed by atoms with Gasteiger partial charge in [0.25, 0.3) is 0 Å². The van der Waals surface area contributed by atoms with E-state index in [-0.39, 0.29) is 18.0 Å². The first-order valence-corrected chi connectivity index (χ1v) is 12.4. The number of halogens is 1. The fourth-order valence-corrected chi connectivity index (χ4v) is 4.05. The number of pyridine rings is 1. The molecule has 4 rings (SSSR count).